The maximum atomic E-state index is 6.03. The molecule has 0 aliphatic carbocycles. The standard InChI is InChI=1S/C11H19N3S/c1-8-9(6-5-7-13-8)10(12)14-15-11(2,3)4/h5-7,10,14H,12H2,1-4H3/t10-/m0/s1. The monoisotopic (exact) mass is 225 g/mol. The van der Waals surface area contributed by atoms with Crippen LogP contribution in [-0.4, -0.2) is 9.73 Å². The molecule has 4 heteroatoms. The largest absolute Gasteiger partial charge is 0.311 e. The molecule has 1 atom stereocenters. The Hall–Kier alpha value is -0.580. The molecule has 15 heavy (non-hydrogen) atoms. The first kappa shape index (κ1) is 12.5. The second-order valence-corrected chi connectivity index (χ2v) is 6.15. The van der Waals surface area contributed by atoms with Gasteiger partial charge in [0.2, 0.25) is 0 Å². The van der Waals surface area contributed by atoms with Crippen LogP contribution in [0.4, 0.5) is 0 Å². The van der Waals surface area contributed by atoms with E-state index in [4.69, 9.17) is 5.73 Å². The van der Waals surface area contributed by atoms with Gasteiger partial charge in [-0.05, 0) is 33.8 Å². The minimum absolute atomic E-state index is 0.160. The lowest BCUT2D eigenvalue weighted by molar-refractivity contribution is 0.687. The maximum Gasteiger partial charge on any atom is 0.0919 e. The Morgan fingerprint density at radius 2 is 2.13 bits per heavy atom. The zero-order valence-corrected chi connectivity index (χ0v) is 10.6. The van der Waals surface area contributed by atoms with Crippen molar-refractivity contribution in [1.29, 1.82) is 0 Å². The number of aryl methyl sites for hydroxylation is 1. The van der Waals surface area contributed by atoms with Gasteiger partial charge in [-0.2, -0.15) is 0 Å². The second-order valence-electron chi connectivity index (χ2n) is 4.49. The maximum absolute atomic E-state index is 6.03. The highest BCUT2D eigenvalue weighted by atomic mass is 32.2. The summed E-state index contributed by atoms with van der Waals surface area (Å²) in [6.07, 6.45) is 1.62. The Kier molecular flexibility index (Phi) is 4.13. The molecule has 84 valence electrons. The SMILES string of the molecule is Cc1ncccc1[C@@H](N)NSC(C)(C)C. The predicted molar refractivity (Wildman–Crippen MR) is 66.4 cm³/mol. The van der Waals surface area contributed by atoms with Crippen LogP contribution in [0.25, 0.3) is 0 Å². The number of nitrogens with zero attached hydrogens (tertiary/aromatic N) is 1. The summed E-state index contributed by atoms with van der Waals surface area (Å²) in [6.45, 7) is 8.41. The first-order chi connectivity index (χ1) is 6.90. The molecule has 0 radical (unpaired) electrons. The smallest absolute Gasteiger partial charge is 0.0919 e. The van der Waals surface area contributed by atoms with E-state index >= 15 is 0 Å². The number of aromatic nitrogens is 1. The average Bonchev–Trinajstić information content (AvgIpc) is 2.14. The van der Waals surface area contributed by atoms with Crippen LogP contribution in [0.3, 0.4) is 0 Å². The number of hydrogen-bond donors (Lipinski definition) is 2. The topological polar surface area (TPSA) is 50.9 Å². The predicted octanol–water partition coefficient (Wildman–Crippen LogP) is 2.38. The molecule has 1 aromatic heterocycles. The van der Waals surface area contributed by atoms with Crippen molar-refractivity contribution in [2.45, 2.75) is 38.6 Å². The number of rotatable bonds is 3. The molecule has 1 rings (SSSR count). The van der Waals surface area contributed by atoms with Gasteiger partial charge in [-0.25, -0.2) is 4.72 Å². The average molecular weight is 225 g/mol. The van der Waals surface area contributed by atoms with Crippen molar-refractivity contribution in [3.8, 4) is 0 Å². The molecule has 1 aromatic rings. The van der Waals surface area contributed by atoms with Gasteiger partial charge in [-0.15, -0.1) is 0 Å². The fourth-order valence-corrected chi connectivity index (χ4v) is 1.74. The highest BCUT2D eigenvalue weighted by Crippen LogP contribution is 2.23. The second kappa shape index (κ2) is 4.96. The van der Waals surface area contributed by atoms with Gasteiger partial charge in [0.15, 0.2) is 0 Å². The lowest BCUT2D eigenvalue weighted by Gasteiger charge is -2.22. The van der Waals surface area contributed by atoms with Crippen molar-refractivity contribution in [1.82, 2.24) is 9.71 Å². The van der Waals surface area contributed by atoms with E-state index in [9.17, 15) is 0 Å². The van der Waals surface area contributed by atoms with Gasteiger partial charge in [-0.3, -0.25) is 4.98 Å². The molecule has 0 aromatic carbocycles. The van der Waals surface area contributed by atoms with Crippen molar-refractivity contribution < 1.29 is 0 Å². The molecular formula is C11H19N3S. The van der Waals surface area contributed by atoms with Crippen molar-refractivity contribution in [3.63, 3.8) is 0 Å². The van der Waals surface area contributed by atoms with Crippen molar-refractivity contribution in [2.75, 3.05) is 0 Å². The normalized spacial score (nSPS) is 13.9. The minimum atomic E-state index is -0.164. The highest BCUT2D eigenvalue weighted by Gasteiger charge is 2.15. The lowest BCUT2D eigenvalue weighted by atomic mass is 10.2. The third-order valence-corrected chi connectivity index (χ3v) is 2.86. The van der Waals surface area contributed by atoms with E-state index in [0.717, 1.165) is 11.3 Å². The Morgan fingerprint density at radius 1 is 1.47 bits per heavy atom. The molecule has 1 heterocycles. The van der Waals surface area contributed by atoms with E-state index in [0.29, 0.717) is 0 Å². The van der Waals surface area contributed by atoms with E-state index in [1.165, 1.54) is 0 Å². The fraction of sp³-hybridized carbons (Fsp3) is 0.545. The summed E-state index contributed by atoms with van der Waals surface area (Å²) < 4.78 is 3.39. The quantitative estimate of drug-likeness (QED) is 0.612. The van der Waals surface area contributed by atoms with Crippen LogP contribution in [0.5, 0.6) is 0 Å². The summed E-state index contributed by atoms with van der Waals surface area (Å²) in [7, 11) is 0. The fourth-order valence-electron chi connectivity index (χ4n) is 1.13. The summed E-state index contributed by atoms with van der Waals surface area (Å²) in [5.41, 5.74) is 8.06. The van der Waals surface area contributed by atoms with Gasteiger partial charge in [0.05, 0.1) is 6.17 Å². The molecule has 0 bridgehead atoms. The number of nitrogens with two attached hydrogens (primary N) is 1. The van der Waals surface area contributed by atoms with E-state index in [1.54, 1.807) is 18.1 Å². The Balaban J connectivity index is 2.62. The van der Waals surface area contributed by atoms with Crippen molar-refractivity contribution >= 4 is 11.9 Å². The van der Waals surface area contributed by atoms with Crippen LogP contribution in [0.1, 0.15) is 38.2 Å². The van der Waals surface area contributed by atoms with Crippen LogP contribution in [0.15, 0.2) is 18.3 Å². The molecular weight excluding hydrogens is 206 g/mol. The summed E-state index contributed by atoms with van der Waals surface area (Å²) in [5.74, 6) is 0. The van der Waals surface area contributed by atoms with Crippen LogP contribution in [-0.2, 0) is 0 Å². The minimum Gasteiger partial charge on any atom is -0.311 e. The van der Waals surface area contributed by atoms with Gasteiger partial charge in [0, 0.05) is 22.2 Å². The van der Waals surface area contributed by atoms with Crippen molar-refractivity contribution in [3.05, 3.63) is 29.6 Å². The summed E-state index contributed by atoms with van der Waals surface area (Å²) in [4.78, 5) is 4.22. The Bertz CT molecular complexity index is 320. The van der Waals surface area contributed by atoms with E-state index in [2.05, 4.69) is 30.5 Å². The van der Waals surface area contributed by atoms with E-state index < -0.39 is 0 Å². The third kappa shape index (κ3) is 4.20. The zero-order chi connectivity index (χ0) is 11.5. The molecule has 0 aliphatic rings. The molecule has 0 saturated carbocycles. The number of nitrogens with one attached hydrogen (secondary N) is 1. The first-order valence-corrected chi connectivity index (χ1v) is 5.82. The van der Waals surface area contributed by atoms with Crippen LogP contribution < -0.4 is 10.5 Å². The van der Waals surface area contributed by atoms with Crippen molar-refractivity contribution in [2.24, 2.45) is 5.73 Å². The molecule has 0 fully saturated rings. The number of pyridine rings is 1. The van der Waals surface area contributed by atoms with E-state index in [-0.39, 0.29) is 10.9 Å². The summed E-state index contributed by atoms with van der Waals surface area (Å²) >= 11 is 1.64. The van der Waals surface area contributed by atoms with Crippen LogP contribution in [0.2, 0.25) is 0 Å². The third-order valence-electron chi connectivity index (χ3n) is 1.87. The molecule has 0 spiro atoms. The van der Waals surface area contributed by atoms with Gasteiger partial charge < -0.3 is 5.73 Å². The van der Waals surface area contributed by atoms with E-state index in [1.807, 2.05) is 19.1 Å². The van der Waals surface area contributed by atoms with Gasteiger partial charge in [0.25, 0.3) is 0 Å². The molecule has 3 nitrogen and oxygen atoms in total. The zero-order valence-electron chi connectivity index (χ0n) is 9.74. The highest BCUT2D eigenvalue weighted by molar-refractivity contribution is 7.98. The Labute approximate surface area is 96.0 Å². The summed E-state index contributed by atoms with van der Waals surface area (Å²) in [6, 6.07) is 3.91. The van der Waals surface area contributed by atoms with Crippen LogP contribution >= 0.6 is 11.9 Å². The lowest BCUT2D eigenvalue weighted by Crippen LogP contribution is -2.28. The van der Waals surface area contributed by atoms with Gasteiger partial charge >= 0.3 is 0 Å². The Morgan fingerprint density at radius 3 is 2.67 bits per heavy atom. The molecule has 0 amide bonds. The number of hydrogen-bond acceptors (Lipinski definition) is 4. The molecule has 0 saturated heterocycles. The molecule has 0 unspecified atom stereocenters. The first-order valence-electron chi connectivity index (χ1n) is 5.01. The summed E-state index contributed by atoms with van der Waals surface area (Å²) in [5, 5.41) is 0. The van der Waals surface area contributed by atoms with Gasteiger partial charge in [-0.1, -0.05) is 18.0 Å². The van der Waals surface area contributed by atoms with Gasteiger partial charge in [0.1, 0.15) is 0 Å². The molecule has 0 aliphatic heterocycles. The molecule has 3 N–H and O–H groups in total. The van der Waals surface area contributed by atoms with Crippen LogP contribution in [0, 0.1) is 6.92 Å².